The first-order valence-electron chi connectivity index (χ1n) is 6.35. The van der Waals surface area contributed by atoms with Crippen molar-refractivity contribution >= 4 is 51.5 Å². The van der Waals surface area contributed by atoms with Crippen LogP contribution in [0.3, 0.4) is 0 Å². The van der Waals surface area contributed by atoms with Crippen molar-refractivity contribution < 1.29 is 9.18 Å². The van der Waals surface area contributed by atoms with Crippen molar-refractivity contribution in [3.05, 3.63) is 58.1 Å². The molecule has 3 N–H and O–H groups in total. The summed E-state index contributed by atoms with van der Waals surface area (Å²) < 4.78 is 14.0. The molecular weight excluding hydrogens is 342 g/mol. The average Bonchev–Trinajstić information content (AvgIpc) is 2.52. The number of hydrogen-bond acceptors (Lipinski definition) is 4. The lowest BCUT2D eigenvalue weighted by Crippen LogP contribution is -2.16. The zero-order valence-corrected chi connectivity index (χ0v) is 12.9. The Hall–Kier alpha value is -2.44. The van der Waals surface area contributed by atoms with Crippen molar-refractivity contribution in [3.8, 4) is 0 Å². The van der Waals surface area contributed by atoms with E-state index in [0.717, 1.165) is 6.07 Å². The molecule has 115 valence electrons. The van der Waals surface area contributed by atoms with Gasteiger partial charge in [0, 0.05) is 5.39 Å². The molecule has 1 heterocycles. The Labute approximate surface area is 140 Å². The van der Waals surface area contributed by atoms with Gasteiger partial charge in [-0.1, -0.05) is 29.3 Å². The molecule has 0 spiro atoms. The molecule has 0 saturated carbocycles. The molecule has 2 aromatic carbocycles. The SMILES string of the molecule is NC(=O)c1nc(Nc2cc(Cl)c(Cl)cc2F)c2c[c]ccc2n1. The second-order valence-corrected chi connectivity index (χ2v) is 5.39. The number of amides is 1. The number of benzene rings is 2. The maximum atomic E-state index is 14.0. The number of fused-ring (bicyclic) bond motifs is 1. The molecular formula is C15H8Cl2FN4O. The number of carbonyl (C=O) groups excluding carboxylic acids is 1. The first-order chi connectivity index (χ1) is 11.0. The zero-order valence-electron chi connectivity index (χ0n) is 11.4. The van der Waals surface area contributed by atoms with Crippen LogP contribution in [0.25, 0.3) is 10.9 Å². The van der Waals surface area contributed by atoms with Crippen molar-refractivity contribution in [2.45, 2.75) is 0 Å². The second kappa shape index (κ2) is 5.98. The zero-order chi connectivity index (χ0) is 16.6. The van der Waals surface area contributed by atoms with E-state index in [2.05, 4.69) is 21.4 Å². The Morgan fingerprint density at radius 2 is 2.00 bits per heavy atom. The van der Waals surface area contributed by atoms with Crippen LogP contribution in [0.4, 0.5) is 15.9 Å². The Kier molecular flexibility index (Phi) is 4.02. The van der Waals surface area contributed by atoms with Crippen LogP contribution in [-0.4, -0.2) is 15.9 Å². The fraction of sp³-hybridized carbons (Fsp3) is 0. The van der Waals surface area contributed by atoms with Gasteiger partial charge >= 0.3 is 0 Å². The van der Waals surface area contributed by atoms with Gasteiger partial charge in [0.25, 0.3) is 5.91 Å². The van der Waals surface area contributed by atoms with Gasteiger partial charge in [0.05, 0.1) is 21.2 Å². The van der Waals surface area contributed by atoms with E-state index in [-0.39, 0.29) is 27.4 Å². The summed E-state index contributed by atoms with van der Waals surface area (Å²) in [5.41, 5.74) is 5.75. The molecule has 3 rings (SSSR count). The first kappa shape index (κ1) is 15.5. The van der Waals surface area contributed by atoms with Crippen LogP contribution in [0.2, 0.25) is 10.0 Å². The predicted molar refractivity (Wildman–Crippen MR) is 86.6 cm³/mol. The molecule has 8 heteroatoms. The van der Waals surface area contributed by atoms with Gasteiger partial charge in [-0.15, -0.1) is 0 Å². The van der Waals surface area contributed by atoms with Gasteiger partial charge in [-0.3, -0.25) is 4.79 Å². The molecule has 0 bridgehead atoms. The quantitative estimate of drug-likeness (QED) is 0.706. The normalized spacial score (nSPS) is 10.7. The van der Waals surface area contributed by atoms with Crippen molar-refractivity contribution in [1.82, 2.24) is 9.97 Å². The third kappa shape index (κ3) is 3.04. The van der Waals surface area contributed by atoms with Crippen molar-refractivity contribution in [2.75, 3.05) is 5.32 Å². The maximum absolute atomic E-state index is 14.0. The van der Waals surface area contributed by atoms with E-state index < -0.39 is 11.7 Å². The van der Waals surface area contributed by atoms with Crippen LogP contribution >= 0.6 is 23.2 Å². The van der Waals surface area contributed by atoms with Crippen molar-refractivity contribution in [1.29, 1.82) is 0 Å². The van der Waals surface area contributed by atoms with Gasteiger partial charge in [0.15, 0.2) is 0 Å². The first-order valence-corrected chi connectivity index (χ1v) is 7.10. The number of primary amides is 1. The van der Waals surface area contributed by atoms with E-state index in [4.69, 9.17) is 28.9 Å². The highest BCUT2D eigenvalue weighted by atomic mass is 35.5. The van der Waals surface area contributed by atoms with Gasteiger partial charge in [-0.05, 0) is 30.3 Å². The Balaban J connectivity index is 2.16. The number of hydrogen-bond donors (Lipinski definition) is 2. The summed E-state index contributed by atoms with van der Waals surface area (Å²) in [6, 6.07) is 10.1. The van der Waals surface area contributed by atoms with Gasteiger partial charge in [-0.2, -0.15) is 0 Å². The number of rotatable bonds is 3. The molecule has 0 unspecified atom stereocenters. The molecule has 0 aliphatic carbocycles. The number of nitrogens with zero attached hydrogens (tertiary/aromatic N) is 2. The van der Waals surface area contributed by atoms with Crippen molar-refractivity contribution in [2.24, 2.45) is 5.73 Å². The third-order valence-electron chi connectivity index (χ3n) is 3.02. The lowest BCUT2D eigenvalue weighted by molar-refractivity contribution is 0.0991. The third-order valence-corrected chi connectivity index (χ3v) is 3.75. The number of carbonyl (C=O) groups is 1. The van der Waals surface area contributed by atoms with Crippen LogP contribution in [0.15, 0.2) is 30.3 Å². The van der Waals surface area contributed by atoms with Gasteiger partial charge < -0.3 is 11.1 Å². The summed E-state index contributed by atoms with van der Waals surface area (Å²) in [7, 11) is 0. The number of anilines is 2. The monoisotopic (exact) mass is 349 g/mol. The van der Waals surface area contributed by atoms with Crippen LogP contribution in [0.1, 0.15) is 10.6 Å². The Bertz CT molecular complexity index is 933. The smallest absolute Gasteiger partial charge is 0.286 e. The summed E-state index contributed by atoms with van der Waals surface area (Å²) in [6.07, 6.45) is 0. The standard InChI is InChI=1S/C15H8Cl2FN4O/c16-8-5-10(18)12(6-9(8)17)21-14-7-3-1-2-4-11(7)20-15(22-14)13(19)23/h2-6H,(H2,19,23)(H,20,21,22). The molecule has 0 aliphatic rings. The highest BCUT2D eigenvalue weighted by Gasteiger charge is 2.14. The summed E-state index contributed by atoms with van der Waals surface area (Å²) in [5, 5.41) is 3.59. The van der Waals surface area contributed by atoms with Crippen LogP contribution < -0.4 is 11.1 Å². The highest BCUT2D eigenvalue weighted by molar-refractivity contribution is 6.42. The molecule has 0 atom stereocenters. The molecule has 0 fully saturated rings. The topological polar surface area (TPSA) is 80.9 Å². The lowest BCUT2D eigenvalue weighted by atomic mass is 10.2. The number of nitrogens with two attached hydrogens (primary N) is 1. The fourth-order valence-electron chi connectivity index (χ4n) is 1.97. The Morgan fingerprint density at radius 1 is 1.26 bits per heavy atom. The molecule has 1 radical (unpaired) electrons. The number of halogens is 3. The molecule has 0 aliphatic heterocycles. The largest absolute Gasteiger partial charge is 0.363 e. The molecule has 5 nitrogen and oxygen atoms in total. The van der Waals surface area contributed by atoms with E-state index in [1.54, 1.807) is 18.2 Å². The van der Waals surface area contributed by atoms with Crippen LogP contribution in [0.5, 0.6) is 0 Å². The predicted octanol–water partition coefficient (Wildman–Crippen LogP) is 3.72. The van der Waals surface area contributed by atoms with Crippen LogP contribution in [-0.2, 0) is 0 Å². The minimum Gasteiger partial charge on any atom is -0.363 e. The van der Waals surface area contributed by atoms with Gasteiger partial charge in [-0.25, -0.2) is 14.4 Å². The average molecular weight is 350 g/mol. The van der Waals surface area contributed by atoms with E-state index in [1.807, 2.05) is 0 Å². The summed E-state index contributed by atoms with van der Waals surface area (Å²) in [4.78, 5) is 19.4. The fourth-order valence-corrected chi connectivity index (χ4v) is 2.28. The molecule has 3 aromatic rings. The van der Waals surface area contributed by atoms with Crippen LogP contribution in [0, 0.1) is 11.9 Å². The van der Waals surface area contributed by atoms with Gasteiger partial charge in [0.1, 0.15) is 11.6 Å². The summed E-state index contributed by atoms with van der Waals surface area (Å²) in [5.74, 6) is -1.39. The molecule has 23 heavy (non-hydrogen) atoms. The van der Waals surface area contributed by atoms with E-state index >= 15 is 0 Å². The number of aromatic nitrogens is 2. The Morgan fingerprint density at radius 3 is 2.74 bits per heavy atom. The van der Waals surface area contributed by atoms with E-state index in [0.29, 0.717) is 10.9 Å². The van der Waals surface area contributed by atoms with E-state index in [1.165, 1.54) is 6.07 Å². The van der Waals surface area contributed by atoms with E-state index in [9.17, 15) is 9.18 Å². The van der Waals surface area contributed by atoms with Crippen molar-refractivity contribution in [3.63, 3.8) is 0 Å². The minimum atomic E-state index is -0.794. The molecule has 0 saturated heterocycles. The lowest BCUT2D eigenvalue weighted by Gasteiger charge is -2.11. The minimum absolute atomic E-state index is 0.0543. The summed E-state index contributed by atoms with van der Waals surface area (Å²) in [6.45, 7) is 0. The highest BCUT2D eigenvalue weighted by Crippen LogP contribution is 2.31. The molecule has 1 aromatic heterocycles. The molecule has 1 amide bonds. The number of nitrogens with one attached hydrogen (secondary N) is 1. The summed E-state index contributed by atoms with van der Waals surface area (Å²) >= 11 is 11.7. The second-order valence-electron chi connectivity index (χ2n) is 4.57. The maximum Gasteiger partial charge on any atom is 0.286 e. The van der Waals surface area contributed by atoms with Gasteiger partial charge in [0.2, 0.25) is 5.82 Å².